The molecule has 2 aromatic rings. The first-order valence-electron chi connectivity index (χ1n) is 6.57. The number of carbonyl (C=O) groups is 1. The molecule has 0 saturated heterocycles. The Balaban J connectivity index is 1.96. The number of nitrogens with two attached hydrogens (primary N) is 1. The number of hydrogen-bond donors (Lipinski definition) is 1. The van der Waals surface area contributed by atoms with Crippen LogP contribution in [0, 0.1) is 5.82 Å². The highest BCUT2D eigenvalue weighted by molar-refractivity contribution is 6.30. The van der Waals surface area contributed by atoms with Gasteiger partial charge in [0.25, 0.3) is 0 Å². The largest absolute Gasteiger partial charge is 0.320 e. The molecular weight excluding hydrogens is 291 g/mol. The highest BCUT2D eigenvalue weighted by Gasteiger charge is 2.24. The zero-order chi connectivity index (χ0) is 15.1. The number of amides is 1. The van der Waals surface area contributed by atoms with Crippen molar-refractivity contribution >= 4 is 23.2 Å². The first kappa shape index (κ1) is 14.0. The normalized spacial score (nSPS) is 15.2. The minimum Gasteiger partial charge on any atom is -0.320 e. The van der Waals surface area contributed by atoms with E-state index in [2.05, 4.69) is 0 Å². The summed E-state index contributed by atoms with van der Waals surface area (Å²) in [6.45, 7) is 0. The fourth-order valence-electron chi connectivity index (χ4n) is 2.58. The molecule has 3 nitrogen and oxygen atoms in total. The molecule has 21 heavy (non-hydrogen) atoms. The Hall–Kier alpha value is -1.91. The molecule has 1 atom stereocenters. The number of benzene rings is 2. The van der Waals surface area contributed by atoms with Gasteiger partial charge in [0, 0.05) is 12.7 Å². The number of hydrogen-bond acceptors (Lipinski definition) is 2. The highest BCUT2D eigenvalue weighted by Crippen LogP contribution is 2.32. The molecule has 0 saturated carbocycles. The van der Waals surface area contributed by atoms with Gasteiger partial charge in [-0.05, 0) is 34.9 Å². The van der Waals surface area contributed by atoms with Crippen LogP contribution in [0.1, 0.15) is 22.7 Å². The molecule has 1 unspecified atom stereocenters. The number of carbonyl (C=O) groups excluding carboxylic acids is 1. The van der Waals surface area contributed by atoms with E-state index in [-0.39, 0.29) is 10.9 Å². The maximum absolute atomic E-state index is 13.2. The minimum absolute atomic E-state index is 0.0546. The summed E-state index contributed by atoms with van der Waals surface area (Å²) in [4.78, 5) is 13.3. The zero-order valence-electron chi connectivity index (χ0n) is 11.4. The summed E-state index contributed by atoms with van der Waals surface area (Å²) in [7, 11) is 1.76. The lowest BCUT2D eigenvalue weighted by Gasteiger charge is -2.15. The molecule has 0 fully saturated rings. The third-order valence-electron chi connectivity index (χ3n) is 3.84. The average Bonchev–Trinajstić information content (AvgIpc) is 2.76. The predicted octanol–water partition coefficient (Wildman–Crippen LogP) is 3.05. The Kier molecular flexibility index (Phi) is 3.43. The number of anilines is 1. The van der Waals surface area contributed by atoms with Gasteiger partial charge < -0.3 is 10.6 Å². The van der Waals surface area contributed by atoms with Gasteiger partial charge in [0.15, 0.2) is 0 Å². The topological polar surface area (TPSA) is 46.3 Å². The molecule has 0 aliphatic carbocycles. The molecule has 1 amide bonds. The number of nitrogens with zero attached hydrogens (tertiary/aromatic N) is 1. The maximum atomic E-state index is 13.2. The third kappa shape index (κ3) is 2.41. The van der Waals surface area contributed by atoms with Crippen LogP contribution in [-0.4, -0.2) is 13.0 Å². The quantitative estimate of drug-likeness (QED) is 0.927. The van der Waals surface area contributed by atoms with Gasteiger partial charge in [-0.15, -0.1) is 0 Å². The summed E-state index contributed by atoms with van der Waals surface area (Å²) in [6, 6.07) is 9.76. The van der Waals surface area contributed by atoms with Gasteiger partial charge in [0.05, 0.1) is 17.5 Å². The van der Waals surface area contributed by atoms with Gasteiger partial charge in [-0.2, -0.15) is 0 Å². The third-order valence-corrected chi connectivity index (χ3v) is 4.13. The van der Waals surface area contributed by atoms with Crippen molar-refractivity contribution in [1.29, 1.82) is 0 Å². The summed E-state index contributed by atoms with van der Waals surface area (Å²) in [5.74, 6) is -0.394. The van der Waals surface area contributed by atoms with Gasteiger partial charge in [0.1, 0.15) is 5.82 Å². The summed E-state index contributed by atoms with van der Waals surface area (Å²) in [5, 5.41) is 0.0546. The first-order chi connectivity index (χ1) is 9.97. The van der Waals surface area contributed by atoms with Crippen LogP contribution in [0.15, 0.2) is 36.4 Å². The van der Waals surface area contributed by atoms with Crippen LogP contribution >= 0.6 is 11.6 Å². The molecule has 0 spiro atoms. The number of likely N-dealkylation sites (N-methyl/N-ethyl adjacent to an activating group) is 1. The van der Waals surface area contributed by atoms with E-state index in [1.807, 2.05) is 18.2 Å². The van der Waals surface area contributed by atoms with Crippen LogP contribution in [0.3, 0.4) is 0 Å². The van der Waals surface area contributed by atoms with E-state index in [0.717, 1.165) is 22.4 Å². The smallest absolute Gasteiger partial charge is 0.231 e. The van der Waals surface area contributed by atoms with E-state index in [1.54, 1.807) is 18.0 Å². The van der Waals surface area contributed by atoms with Crippen LogP contribution in [0.4, 0.5) is 10.1 Å². The van der Waals surface area contributed by atoms with Crippen LogP contribution in [0.5, 0.6) is 0 Å². The maximum Gasteiger partial charge on any atom is 0.231 e. The second-order valence-corrected chi connectivity index (χ2v) is 5.58. The number of halogens is 2. The monoisotopic (exact) mass is 304 g/mol. The molecule has 108 valence electrons. The second-order valence-electron chi connectivity index (χ2n) is 5.17. The summed E-state index contributed by atoms with van der Waals surface area (Å²) < 4.78 is 13.2. The van der Waals surface area contributed by atoms with Crippen molar-refractivity contribution < 1.29 is 9.18 Å². The lowest BCUT2D eigenvalue weighted by Crippen LogP contribution is -2.20. The Morgan fingerprint density at radius 1 is 1.24 bits per heavy atom. The van der Waals surface area contributed by atoms with Gasteiger partial charge >= 0.3 is 0 Å². The molecule has 3 rings (SSSR count). The Morgan fingerprint density at radius 3 is 2.62 bits per heavy atom. The van der Waals surface area contributed by atoms with Crippen molar-refractivity contribution in [2.75, 3.05) is 11.9 Å². The Morgan fingerprint density at radius 2 is 1.90 bits per heavy atom. The van der Waals surface area contributed by atoms with E-state index in [9.17, 15) is 9.18 Å². The fourth-order valence-corrected chi connectivity index (χ4v) is 2.77. The molecule has 0 radical (unpaired) electrons. The molecule has 1 heterocycles. The van der Waals surface area contributed by atoms with Crippen LogP contribution in [0.25, 0.3) is 0 Å². The SMILES string of the molecule is CN1C(=O)Cc2cc(C(N)c3ccc(F)c(Cl)c3)ccc21. The number of rotatable bonds is 2. The van der Waals surface area contributed by atoms with Crippen molar-refractivity contribution in [3.05, 3.63) is 63.9 Å². The summed E-state index contributed by atoms with van der Waals surface area (Å²) in [6.07, 6.45) is 0.385. The molecule has 1 aliphatic heterocycles. The van der Waals surface area contributed by atoms with E-state index in [1.165, 1.54) is 12.1 Å². The first-order valence-corrected chi connectivity index (χ1v) is 6.95. The van der Waals surface area contributed by atoms with Crippen molar-refractivity contribution in [3.63, 3.8) is 0 Å². The lowest BCUT2D eigenvalue weighted by molar-refractivity contribution is -0.117. The zero-order valence-corrected chi connectivity index (χ0v) is 12.2. The molecule has 0 bridgehead atoms. The van der Waals surface area contributed by atoms with E-state index < -0.39 is 11.9 Å². The second kappa shape index (κ2) is 5.13. The van der Waals surface area contributed by atoms with Crippen molar-refractivity contribution in [2.24, 2.45) is 5.73 Å². The van der Waals surface area contributed by atoms with E-state index in [4.69, 9.17) is 17.3 Å². The Labute approximate surface area is 127 Å². The highest BCUT2D eigenvalue weighted by atomic mass is 35.5. The number of fused-ring (bicyclic) bond motifs is 1. The van der Waals surface area contributed by atoms with Crippen LogP contribution in [-0.2, 0) is 11.2 Å². The van der Waals surface area contributed by atoms with Crippen molar-refractivity contribution in [3.8, 4) is 0 Å². The minimum atomic E-state index is -0.464. The molecule has 2 N–H and O–H groups in total. The van der Waals surface area contributed by atoms with Gasteiger partial charge in [-0.3, -0.25) is 4.79 Å². The van der Waals surface area contributed by atoms with Gasteiger partial charge in [-0.25, -0.2) is 4.39 Å². The predicted molar refractivity (Wildman–Crippen MR) is 81.0 cm³/mol. The van der Waals surface area contributed by atoms with Gasteiger partial charge in [0.2, 0.25) is 5.91 Å². The van der Waals surface area contributed by atoms with Crippen molar-refractivity contribution in [1.82, 2.24) is 0 Å². The molecular formula is C16H14ClFN2O. The molecule has 0 aromatic heterocycles. The molecule has 5 heteroatoms. The fraction of sp³-hybridized carbons (Fsp3) is 0.188. The molecule has 2 aromatic carbocycles. The van der Waals surface area contributed by atoms with Crippen molar-refractivity contribution in [2.45, 2.75) is 12.5 Å². The average molecular weight is 305 g/mol. The standard InChI is InChI=1S/C16H14ClFN2O/c1-20-14-5-3-9(6-11(14)8-15(20)21)16(19)10-2-4-13(18)12(17)7-10/h2-7,16H,8,19H2,1H3. The van der Waals surface area contributed by atoms with Gasteiger partial charge in [-0.1, -0.05) is 29.8 Å². The van der Waals surface area contributed by atoms with E-state index >= 15 is 0 Å². The molecule has 1 aliphatic rings. The van der Waals surface area contributed by atoms with E-state index in [0.29, 0.717) is 6.42 Å². The van der Waals surface area contributed by atoms with Crippen LogP contribution < -0.4 is 10.6 Å². The van der Waals surface area contributed by atoms with Crippen LogP contribution in [0.2, 0.25) is 5.02 Å². The lowest BCUT2D eigenvalue weighted by atomic mass is 9.97. The summed E-state index contributed by atoms with van der Waals surface area (Å²) in [5.41, 5.74) is 9.70. The Bertz CT molecular complexity index is 732. The summed E-state index contributed by atoms with van der Waals surface area (Å²) >= 11 is 5.80.